The van der Waals surface area contributed by atoms with Crippen LogP contribution in [-0.4, -0.2) is 23.8 Å². The van der Waals surface area contributed by atoms with E-state index in [-0.39, 0.29) is 18.0 Å². The van der Waals surface area contributed by atoms with Gasteiger partial charge in [-0.25, -0.2) is 0 Å². The van der Waals surface area contributed by atoms with E-state index in [2.05, 4.69) is 0 Å². The summed E-state index contributed by atoms with van der Waals surface area (Å²) in [5.41, 5.74) is 0. The second kappa shape index (κ2) is 5.35. The Morgan fingerprint density at radius 2 is 1.93 bits per heavy atom. The van der Waals surface area contributed by atoms with Crippen LogP contribution in [0.5, 0.6) is 0 Å². The zero-order valence-corrected chi connectivity index (χ0v) is 9.03. The quantitative estimate of drug-likeness (QED) is 0.706. The average Bonchev–Trinajstić information content (AvgIpc) is 2.15. The summed E-state index contributed by atoms with van der Waals surface area (Å²) in [5, 5.41) is 9.27. The van der Waals surface area contributed by atoms with Crippen LogP contribution >= 0.6 is 0 Å². The van der Waals surface area contributed by atoms with E-state index in [0.29, 0.717) is 12.5 Å². The lowest BCUT2D eigenvalue weighted by molar-refractivity contribution is -0.151. The third kappa shape index (κ3) is 3.66. The van der Waals surface area contributed by atoms with E-state index >= 15 is 0 Å². The van der Waals surface area contributed by atoms with Crippen molar-refractivity contribution < 1.29 is 14.6 Å². The third-order valence-corrected chi connectivity index (χ3v) is 2.59. The predicted octanol–water partition coefficient (Wildman–Crippen LogP) is 1.74. The summed E-state index contributed by atoms with van der Waals surface area (Å²) in [6.07, 6.45) is 2.82. The Balaban J connectivity index is 2.24. The van der Waals surface area contributed by atoms with Gasteiger partial charge in [0.1, 0.15) is 0 Å². The van der Waals surface area contributed by atoms with Gasteiger partial charge in [0.2, 0.25) is 0 Å². The Bertz CT molecular complexity index is 181. The molecule has 0 saturated heterocycles. The maximum Gasteiger partial charge on any atom is 0.308 e. The Morgan fingerprint density at radius 3 is 2.43 bits per heavy atom. The van der Waals surface area contributed by atoms with Crippen molar-refractivity contribution >= 4 is 5.97 Å². The van der Waals surface area contributed by atoms with Gasteiger partial charge >= 0.3 is 5.97 Å². The fourth-order valence-corrected chi connectivity index (χ4v) is 1.68. The molecule has 14 heavy (non-hydrogen) atoms. The summed E-state index contributed by atoms with van der Waals surface area (Å²) in [7, 11) is 0. The van der Waals surface area contributed by atoms with Crippen molar-refractivity contribution in [3.05, 3.63) is 0 Å². The molecular weight excluding hydrogens is 180 g/mol. The van der Waals surface area contributed by atoms with Crippen LogP contribution in [-0.2, 0) is 9.53 Å². The molecule has 0 aliphatic heterocycles. The highest BCUT2D eigenvalue weighted by Gasteiger charge is 2.26. The highest BCUT2D eigenvalue weighted by atomic mass is 16.5. The van der Waals surface area contributed by atoms with Gasteiger partial charge in [-0.15, -0.1) is 0 Å². The zero-order valence-electron chi connectivity index (χ0n) is 9.03. The number of carbonyl (C=O) groups excluding carboxylic acids is 1. The molecule has 0 aromatic carbocycles. The molecule has 3 heteroatoms. The van der Waals surface area contributed by atoms with Crippen LogP contribution in [0.4, 0.5) is 0 Å². The fourth-order valence-electron chi connectivity index (χ4n) is 1.68. The van der Waals surface area contributed by atoms with E-state index in [1.807, 2.05) is 13.8 Å². The Kier molecular flexibility index (Phi) is 4.39. The summed E-state index contributed by atoms with van der Waals surface area (Å²) in [5.74, 6) is 0.343. The summed E-state index contributed by atoms with van der Waals surface area (Å²) in [6, 6.07) is 0. The molecular formula is C11H20O3. The van der Waals surface area contributed by atoms with Crippen molar-refractivity contribution in [2.45, 2.75) is 45.6 Å². The number of ether oxygens (including phenoxy) is 1. The molecule has 0 aromatic heterocycles. The van der Waals surface area contributed by atoms with Gasteiger partial charge in [0.05, 0.1) is 18.6 Å². The van der Waals surface area contributed by atoms with Crippen LogP contribution in [0.2, 0.25) is 0 Å². The number of esters is 1. The highest BCUT2D eigenvalue weighted by Crippen LogP contribution is 2.25. The van der Waals surface area contributed by atoms with Crippen LogP contribution in [0.15, 0.2) is 0 Å². The van der Waals surface area contributed by atoms with E-state index in [1.54, 1.807) is 0 Å². The van der Waals surface area contributed by atoms with Crippen molar-refractivity contribution in [3.8, 4) is 0 Å². The summed E-state index contributed by atoms with van der Waals surface area (Å²) in [6.45, 7) is 4.56. The SMILES string of the molecule is CC(C)COC(=O)C1CCC(O)CC1. The number of aliphatic hydroxyl groups excluding tert-OH is 1. The molecule has 1 fully saturated rings. The number of hydrogen-bond acceptors (Lipinski definition) is 3. The number of carbonyl (C=O) groups is 1. The van der Waals surface area contributed by atoms with E-state index in [4.69, 9.17) is 4.74 Å². The summed E-state index contributed by atoms with van der Waals surface area (Å²) >= 11 is 0. The third-order valence-electron chi connectivity index (χ3n) is 2.59. The van der Waals surface area contributed by atoms with Gasteiger partial charge in [0.15, 0.2) is 0 Å². The molecule has 1 rings (SSSR count). The van der Waals surface area contributed by atoms with Gasteiger partial charge in [0.25, 0.3) is 0 Å². The van der Waals surface area contributed by atoms with Crippen LogP contribution in [0.25, 0.3) is 0 Å². The molecule has 0 spiro atoms. The van der Waals surface area contributed by atoms with Gasteiger partial charge in [-0.2, -0.15) is 0 Å². The Hall–Kier alpha value is -0.570. The zero-order chi connectivity index (χ0) is 10.6. The number of hydrogen-bond donors (Lipinski definition) is 1. The minimum atomic E-state index is -0.204. The van der Waals surface area contributed by atoms with Crippen LogP contribution in [0, 0.1) is 11.8 Å². The van der Waals surface area contributed by atoms with Crippen molar-refractivity contribution in [3.63, 3.8) is 0 Å². The second-order valence-electron chi connectivity index (χ2n) is 4.53. The van der Waals surface area contributed by atoms with E-state index < -0.39 is 0 Å². The molecule has 1 N–H and O–H groups in total. The van der Waals surface area contributed by atoms with Crippen molar-refractivity contribution in [2.75, 3.05) is 6.61 Å². The number of rotatable bonds is 3. The van der Waals surface area contributed by atoms with Crippen molar-refractivity contribution in [1.29, 1.82) is 0 Å². The van der Waals surface area contributed by atoms with E-state index in [1.165, 1.54) is 0 Å². The monoisotopic (exact) mass is 200 g/mol. The van der Waals surface area contributed by atoms with Gasteiger partial charge in [-0.05, 0) is 31.6 Å². The van der Waals surface area contributed by atoms with E-state index in [9.17, 15) is 9.90 Å². The lowest BCUT2D eigenvalue weighted by Gasteiger charge is -2.24. The Morgan fingerprint density at radius 1 is 1.36 bits per heavy atom. The molecule has 0 radical (unpaired) electrons. The topological polar surface area (TPSA) is 46.5 Å². The molecule has 1 aliphatic rings. The van der Waals surface area contributed by atoms with Crippen LogP contribution in [0.1, 0.15) is 39.5 Å². The summed E-state index contributed by atoms with van der Waals surface area (Å²) < 4.78 is 5.16. The van der Waals surface area contributed by atoms with Gasteiger partial charge < -0.3 is 9.84 Å². The van der Waals surface area contributed by atoms with Gasteiger partial charge in [-0.1, -0.05) is 13.8 Å². The molecule has 0 heterocycles. The standard InChI is InChI=1S/C11H20O3/c1-8(2)7-14-11(13)9-3-5-10(12)6-4-9/h8-10,12H,3-7H2,1-2H3. The molecule has 0 atom stereocenters. The Labute approximate surface area is 85.5 Å². The summed E-state index contributed by atoms with van der Waals surface area (Å²) in [4.78, 5) is 11.5. The first-order valence-electron chi connectivity index (χ1n) is 5.44. The smallest absolute Gasteiger partial charge is 0.308 e. The molecule has 0 unspecified atom stereocenters. The largest absolute Gasteiger partial charge is 0.465 e. The first-order chi connectivity index (χ1) is 6.59. The molecule has 0 aromatic rings. The molecule has 3 nitrogen and oxygen atoms in total. The first-order valence-corrected chi connectivity index (χ1v) is 5.44. The number of aliphatic hydroxyl groups is 1. The highest BCUT2D eigenvalue weighted by molar-refractivity contribution is 5.72. The van der Waals surface area contributed by atoms with Crippen molar-refractivity contribution in [2.24, 2.45) is 11.8 Å². The molecule has 1 aliphatic carbocycles. The molecule has 82 valence electrons. The molecule has 0 bridgehead atoms. The maximum absolute atomic E-state index is 11.5. The lowest BCUT2D eigenvalue weighted by Crippen LogP contribution is -2.26. The maximum atomic E-state index is 11.5. The minimum absolute atomic E-state index is 0.0251. The van der Waals surface area contributed by atoms with Crippen molar-refractivity contribution in [1.82, 2.24) is 0 Å². The minimum Gasteiger partial charge on any atom is -0.465 e. The lowest BCUT2D eigenvalue weighted by atomic mass is 9.87. The van der Waals surface area contributed by atoms with Crippen LogP contribution < -0.4 is 0 Å². The van der Waals surface area contributed by atoms with E-state index in [0.717, 1.165) is 25.7 Å². The van der Waals surface area contributed by atoms with Crippen LogP contribution in [0.3, 0.4) is 0 Å². The predicted molar refractivity (Wildman–Crippen MR) is 53.8 cm³/mol. The normalized spacial score (nSPS) is 27.7. The van der Waals surface area contributed by atoms with Gasteiger partial charge in [0, 0.05) is 0 Å². The van der Waals surface area contributed by atoms with Gasteiger partial charge in [-0.3, -0.25) is 4.79 Å². The molecule has 1 saturated carbocycles. The molecule has 0 amide bonds. The second-order valence-corrected chi connectivity index (χ2v) is 4.53. The first kappa shape index (κ1) is 11.5. The fraction of sp³-hybridized carbons (Fsp3) is 0.909. The average molecular weight is 200 g/mol.